The van der Waals surface area contributed by atoms with Gasteiger partial charge in [-0.2, -0.15) is 0 Å². The highest BCUT2D eigenvalue weighted by Gasteiger charge is 2.21. The molecule has 1 aromatic carbocycles. The van der Waals surface area contributed by atoms with Crippen molar-refractivity contribution in [3.63, 3.8) is 0 Å². The van der Waals surface area contributed by atoms with Crippen LogP contribution in [0.25, 0.3) is 0 Å². The molecule has 132 valence electrons. The van der Waals surface area contributed by atoms with Crippen molar-refractivity contribution in [2.24, 2.45) is 0 Å². The highest BCUT2D eigenvalue weighted by Crippen LogP contribution is 2.16. The van der Waals surface area contributed by atoms with Crippen molar-refractivity contribution in [3.05, 3.63) is 29.8 Å². The minimum absolute atomic E-state index is 0.0192. The third kappa shape index (κ3) is 5.34. The van der Waals surface area contributed by atoms with E-state index in [1.807, 2.05) is 0 Å². The number of rotatable bonds is 8. The van der Waals surface area contributed by atoms with Gasteiger partial charge in [0, 0.05) is 18.2 Å². The molecule has 0 aliphatic carbocycles. The second-order valence-corrected chi connectivity index (χ2v) is 6.47. The molecule has 5 heteroatoms. The number of Topliss-reactive ketones (excluding diaryl/α,β-unsaturated/α-hetero) is 1. The number of benzene rings is 1. The molecule has 1 aliphatic heterocycles. The van der Waals surface area contributed by atoms with E-state index in [0.29, 0.717) is 11.3 Å². The maximum Gasteiger partial charge on any atom is 0.261 e. The first-order valence-electron chi connectivity index (χ1n) is 8.80. The average Bonchev–Trinajstić information content (AvgIpc) is 3.07. The Bertz CT molecular complexity index is 567. The largest absolute Gasteiger partial charge is 0.481 e. The summed E-state index contributed by atoms with van der Waals surface area (Å²) in [4.78, 5) is 26.2. The molecule has 5 nitrogen and oxygen atoms in total. The van der Waals surface area contributed by atoms with E-state index in [2.05, 4.69) is 17.1 Å². The predicted molar refractivity (Wildman–Crippen MR) is 94.4 cm³/mol. The Morgan fingerprint density at radius 2 is 2.00 bits per heavy atom. The quantitative estimate of drug-likeness (QED) is 0.744. The molecule has 0 bridgehead atoms. The van der Waals surface area contributed by atoms with Crippen molar-refractivity contribution in [3.8, 4) is 5.75 Å². The van der Waals surface area contributed by atoms with E-state index >= 15 is 0 Å². The lowest BCUT2D eigenvalue weighted by Crippen LogP contribution is -2.47. The third-order valence-electron chi connectivity index (χ3n) is 4.44. The topological polar surface area (TPSA) is 58.6 Å². The summed E-state index contributed by atoms with van der Waals surface area (Å²) in [7, 11) is 0. The number of carbonyl (C=O) groups is 2. The van der Waals surface area contributed by atoms with Gasteiger partial charge in [-0.3, -0.25) is 9.59 Å². The molecule has 0 aromatic heterocycles. The Balaban J connectivity index is 1.88. The van der Waals surface area contributed by atoms with E-state index in [0.717, 1.165) is 26.1 Å². The van der Waals surface area contributed by atoms with Crippen molar-refractivity contribution in [1.82, 2.24) is 10.2 Å². The van der Waals surface area contributed by atoms with E-state index in [1.54, 1.807) is 31.2 Å². The lowest BCUT2D eigenvalue weighted by atomic mass is 10.1. The van der Waals surface area contributed by atoms with Gasteiger partial charge in [-0.25, -0.2) is 0 Å². The summed E-state index contributed by atoms with van der Waals surface area (Å²) in [6, 6.07) is 7.08. The highest BCUT2D eigenvalue weighted by molar-refractivity contribution is 5.94. The molecule has 2 atom stereocenters. The van der Waals surface area contributed by atoms with Crippen LogP contribution in [-0.4, -0.2) is 48.4 Å². The standard InChI is InChI=1S/C19H28N2O3/c1-4-17(13-21-10-5-6-11-21)20-19(23)15(3)24-18-9-7-8-16(12-18)14(2)22/h7-9,12,15,17H,4-6,10-11,13H2,1-3H3,(H,20,23)/t15-,17+/m1/s1. The molecule has 1 heterocycles. The molecule has 24 heavy (non-hydrogen) atoms. The molecule has 1 amide bonds. The van der Waals surface area contributed by atoms with Gasteiger partial charge >= 0.3 is 0 Å². The SMILES string of the molecule is CC[C@@H](CN1CCCC1)NC(=O)[C@@H](C)Oc1cccc(C(C)=O)c1. The monoisotopic (exact) mass is 332 g/mol. The molecule has 1 N–H and O–H groups in total. The molecular formula is C19H28N2O3. The Hall–Kier alpha value is -1.88. The van der Waals surface area contributed by atoms with E-state index in [4.69, 9.17) is 4.74 Å². The number of ether oxygens (including phenoxy) is 1. The average molecular weight is 332 g/mol. The minimum Gasteiger partial charge on any atom is -0.481 e. The summed E-state index contributed by atoms with van der Waals surface area (Å²) >= 11 is 0. The molecule has 2 rings (SSSR count). The Labute approximate surface area is 144 Å². The van der Waals surface area contributed by atoms with Crippen LogP contribution in [0.4, 0.5) is 0 Å². The van der Waals surface area contributed by atoms with E-state index < -0.39 is 6.10 Å². The lowest BCUT2D eigenvalue weighted by molar-refractivity contribution is -0.128. The van der Waals surface area contributed by atoms with Crippen LogP contribution in [0, 0.1) is 0 Å². The van der Waals surface area contributed by atoms with Crippen LogP contribution in [0.2, 0.25) is 0 Å². The van der Waals surface area contributed by atoms with Crippen molar-refractivity contribution < 1.29 is 14.3 Å². The zero-order valence-corrected chi connectivity index (χ0v) is 14.9. The predicted octanol–water partition coefficient (Wildman–Crippen LogP) is 2.65. The molecule has 1 aliphatic rings. The number of likely N-dealkylation sites (tertiary alicyclic amines) is 1. The molecule has 0 radical (unpaired) electrons. The maximum atomic E-state index is 12.4. The molecule has 0 unspecified atom stereocenters. The number of ketones is 1. The van der Waals surface area contributed by atoms with Gasteiger partial charge in [0.2, 0.25) is 0 Å². The lowest BCUT2D eigenvalue weighted by Gasteiger charge is -2.25. The number of carbonyl (C=O) groups excluding carboxylic acids is 2. The summed E-state index contributed by atoms with van der Waals surface area (Å²) in [5, 5.41) is 3.08. The van der Waals surface area contributed by atoms with Gasteiger partial charge in [0.1, 0.15) is 5.75 Å². The van der Waals surface area contributed by atoms with Crippen LogP contribution in [0.3, 0.4) is 0 Å². The fourth-order valence-corrected chi connectivity index (χ4v) is 2.92. The van der Waals surface area contributed by atoms with Gasteiger partial charge in [-0.05, 0) is 58.3 Å². The fourth-order valence-electron chi connectivity index (χ4n) is 2.92. The second kappa shape index (κ2) is 8.83. The number of nitrogens with zero attached hydrogens (tertiary/aromatic N) is 1. The van der Waals surface area contributed by atoms with E-state index in [1.165, 1.54) is 19.8 Å². The Morgan fingerprint density at radius 3 is 2.62 bits per heavy atom. The normalized spacial score (nSPS) is 17.3. The summed E-state index contributed by atoms with van der Waals surface area (Å²) < 4.78 is 5.70. The Kier molecular flexibility index (Phi) is 6.79. The van der Waals surface area contributed by atoms with Crippen LogP contribution in [0.5, 0.6) is 5.75 Å². The summed E-state index contributed by atoms with van der Waals surface area (Å²) in [6.07, 6.45) is 2.79. The first-order chi connectivity index (χ1) is 11.5. The zero-order chi connectivity index (χ0) is 17.5. The number of hydrogen-bond donors (Lipinski definition) is 1. The Morgan fingerprint density at radius 1 is 1.29 bits per heavy atom. The van der Waals surface area contributed by atoms with Crippen LogP contribution in [0.15, 0.2) is 24.3 Å². The maximum absolute atomic E-state index is 12.4. The molecule has 0 spiro atoms. The van der Waals surface area contributed by atoms with Gasteiger partial charge in [0.25, 0.3) is 5.91 Å². The number of hydrogen-bond acceptors (Lipinski definition) is 4. The van der Waals surface area contributed by atoms with Crippen LogP contribution >= 0.6 is 0 Å². The van der Waals surface area contributed by atoms with Crippen LogP contribution in [-0.2, 0) is 4.79 Å². The van der Waals surface area contributed by atoms with Crippen molar-refractivity contribution in [2.45, 2.75) is 52.2 Å². The fraction of sp³-hybridized carbons (Fsp3) is 0.579. The van der Waals surface area contributed by atoms with E-state index in [-0.39, 0.29) is 17.7 Å². The van der Waals surface area contributed by atoms with E-state index in [9.17, 15) is 9.59 Å². The van der Waals surface area contributed by atoms with Gasteiger partial charge in [0.05, 0.1) is 0 Å². The smallest absolute Gasteiger partial charge is 0.261 e. The van der Waals surface area contributed by atoms with Crippen molar-refractivity contribution >= 4 is 11.7 Å². The molecule has 0 saturated carbocycles. The number of amides is 1. The molecule has 1 aromatic rings. The van der Waals surface area contributed by atoms with Gasteiger partial charge in [-0.1, -0.05) is 19.1 Å². The summed E-state index contributed by atoms with van der Waals surface area (Å²) in [5.41, 5.74) is 0.584. The third-order valence-corrected chi connectivity index (χ3v) is 4.44. The zero-order valence-electron chi connectivity index (χ0n) is 14.9. The summed E-state index contributed by atoms with van der Waals surface area (Å²) in [6.45, 7) is 8.47. The molecular weight excluding hydrogens is 304 g/mol. The van der Waals surface area contributed by atoms with Gasteiger partial charge in [0.15, 0.2) is 11.9 Å². The van der Waals surface area contributed by atoms with Crippen molar-refractivity contribution in [1.29, 1.82) is 0 Å². The van der Waals surface area contributed by atoms with Crippen LogP contribution in [0.1, 0.15) is 50.4 Å². The van der Waals surface area contributed by atoms with Gasteiger partial charge < -0.3 is 15.0 Å². The van der Waals surface area contributed by atoms with Crippen LogP contribution < -0.4 is 10.1 Å². The first kappa shape index (κ1) is 18.5. The minimum atomic E-state index is -0.597. The van der Waals surface area contributed by atoms with Crippen molar-refractivity contribution in [2.75, 3.05) is 19.6 Å². The number of nitrogens with one attached hydrogen (secondary N) is 1. The first-order valence-corrected chi connectivity index (χ1v) is 8.80. The molecule has 1 saturated heterocycles. The summed E-state index contributed by atoms with van der Waals surface area (Å²) in [5.74, 6) is 0.404. The highest BCUT2D eigenvalue weighted by atomic mass is 16.5. The second-order valence-electron chi connectivity index (χ2n) is 6.47. The van der Waals surface area contributed by atoms with Gasteiger partial charge in [-0.15, -0.1) is 0 Å². The molecule has 1 fully saturated rings.